The van der Waals surface area contributed by atoms with Gasteiger partial charge in [-0.1, -0.05) is 28.1 Å². The van der Waals surface area contributed by atoms with Crippen molar-refractivity contribution in [2.75, 3.05) is 13.6 Å². The van der Waals surface area contributed by atoms with Crippen molar-refractivity contribution in [1.82, 2.24) is 5.32 Å². The van der Waals surface area contributed by atoms with Crippen molar-refractivity contribution >= 4 is 27.3 Å². The van der Waals surface area contributed by atoms with Crippen molar-refractivity contribution in [3.63, 3.8) is 0 Å². The standard InChI is InChI=1S/C14H16BrNS/c1-16-9-13(8-11-6-7-17-10-11)12-2-4-14(15)5-3-12/h2-7,10,13,16H,8-9H2,1H3. The monoisotopic (exact) mass is 309 g/mol. The molecule has 1 aromatic carbocycles. The molecule has 1 nitrogen and oxygen atoms in total. The SMILES string of the molecule is CNCC(Cc1ccsc1)c1ccc(Br)cc1. The van der Waals surface area contributed by atoms with E-state index in [-0.39, 0.29) is 0 Å². The molecule has 0 saturated heterocycles. The van der Waals surface area contributed by atoms with Crippen LogP contribution in [0.15, 0.2) is 45.6 Å². The highest BCUT2D eigenvalue weighted by Crippen LogP contribution is 2.23. The first kappa shape index (κ1) is 12.8. The van der Waals surface area contributed by atoms with Gasteiger partial charge in [0.15, 0.2) is 0 Å². The Bertz CT molecular complexity index is 436. The average Bonchev–Trinajstić information content (AvgIpc) is 2.82. The largest absolute Gasteiger partial charge is 0.319 e. The zero-order chi connectivity index (χ0) is 12.1. The van der Waals surface area contributed by atoms with Crippen molar-refractivity contribution in [1.29, 1.82) is 0 Å². The Hall–Kier alpha value is -0.640. The van der Waals surface area contributed by atoms with E-state index in [0.29, 0.717) is 5.92 Å². The average molecular weight is 310 g/mol. The molecule has 0 bridgehead atoms. The Labute approximate surface area is 115 Å². The van der Waals surface area contributed by atoms with Crippen molar-refractivity contribution in [2.24, 2.45) is 0 Å². The summed E-state index contributed by atoms with van der Waals surface area (Å²) in [6.45, 7) is 1.01. The molecule has 0 amide bonds. The summed E-state index contributed by atoms with van der Waals surface area (Å²) < 4.78 is 1.14. The Morgan fingerprint density at radius 2 is 2.00 bits per heavy atom. The number of thiophene rings is 1. The molecule has 1 heterocycles. The van der Waals surface area contributed by atoms with Crippen molar-refractivity contribution < 1.29 is 0 Å². The third-order valence-corrected chi connectivity index (χ3v) is 4.11. The van der Waals surface area contributed by atoms with Gasteiger partial charge >= 0.3 is 0 Å². The molecule has 1 aromatic heterocycles. The van der Waals surface area contributed by atoms with Gasteiger partial charge in [-0.05, 0) is 53.6 Å². The molecule has 3 heteroatoms. The zero-order valence-electron chi connectivity index (χ0n) is 9.82. The summed E-state index contributed by atoms with van der Waals surface area (Å²) in [4.78, 5) is 0. The smallest absolute Gasteiger partial charge is 0.0175 e. The van der Waals surface area contributed by atoms with E-state index in [1.165, 1.54) is 11.1 Å². The molecule has 17 heavy (non-hydrogen) atoms. The van der Waals surface area contributed by atoms with Gasteiger partial charge < -0.3 is 5.32 Å². The topological polar surface area (TPSA) is 12.0 Å². The fourth-order valence-electron chi connectivity index (χ4n) is 1.98. The van der Waals surface area contributed by atoms with Crippen molar-refractivity contribution in [2.45, 2.75) is 12.3 Å². The Morgan fingerprint density at radius 3 is 2.59 bits per heavy atom. The van der Waals surface area contributed by atoms with Crippen LogP contribution in [-0.4, -0.2) is 13.6 Å². The van der Waals surface area contributed by atoms with Crippen LogP contribution in [0.4, 0.5) is 0 Å². The summed E-state index contributed by atoms with van der Waals surface area (Å²) in [6.07, 6.45) is 1.10. The lowest BCUT2D eigenvalue weighted by Gasteiger charge is -2.16. The van der Waals surface area contributed by atoms with Gasteiger partial charge in [0.25, 0.3) is 0 Å². The number of likely N-dealkylation sites (N-methyl/N-ethyl adjacent to an activating group) is 1. The quantitative estimate of drug-likeness (QED) is 0.878. The molecule has 0 aliphatic rings. The number of hydrogen-bond donors (Lipinski definition) is 1. The molecule has 1 unspecified atom stereocenters. The van der Waals surface area contributed by atoms with E-state index in [4.69, 9.17) is 0 Å². The van der Waals surface area contributed by atoms with E-state index in [9.17, 15) is 0 Å². The highest BCUT2D eigenvalue weighted by Gasteiger charge is 2.11. The van der Waals surface area contributed by atoms with Gasteiger partial charge in [-0.3, -0.25) is 0 Å². The summed E-state index contributed by atoms with van der Waals surface area (Å²) in [5.41, 5.74) is 2.83. The number of benzene rings is 1. The van der Waals surface area contributed by atoms with Crippen LogP contribution in [0, 0.1) is 0 Å². The fraction of sp³-hybridized carbons (Fsp3) is 0.286. The number of hydrogen-bond acceptors (Lipinski definition) is 2. The van der Waals surface area contributed by atoms with Gasteiger partial charge in [0.05, 0.1) is 0 Å². The second kappa shape index (κ2) is 6.34. The number of halogens is 1. The first-order valence-corrected chi connectivity index (χ1v) is 7.44. The van der Waals surface area contributed by atoms with Crippen LogP contribution in [0.5, 0.6) is 0 Å². The predicted octanol–water partition coefficient (Wildman–Crippen LogP) is 4.06. The van der Waals surface area contributed by atoms with Crippen LogP contribution in [-0.2, 0) is 6.42 Å². The number of rotatable bonds is 5. The zero-order valence-corrected chi connectivity index (χ0v) is 12.2. The molecule has 2 aromatic rings. The van der Waals surface area contributed by atoms with E-state index in [1.54, 1.807) is 11.3 Å². The van der Waals surface area contributed by atoms with Crippen molar-refractivity contribution in [3.8, 4) is 0 Å². The molecule has 0 saturated carbocycles. The lowest BCUT2D eigenvalue weighted by atomic mass is 9.93. The predicted molar refractivity (Wildman–Crippen MR) is 78.8 cm³/mol. The summed E-state index contributed by atoms with van der Waals surface area (Å²) in [5.74, 6) is 0.544. The molecule has 2 rings (SSSR count). The van der Waals surface area contributed by atoms with Gasteiger partial charge in [0, 0.05) is 16.9 Å². The molecule has 0 radical (unpaired) electrons. The normalized spacial score (nSPS) is 12.6. The third kappa shape index (κ3) is 3.66. The molecular formula is C14H16BrNS. The van der Waals surface area contributed by atoms with Gasteiger partial charge in [-0.15, -0.1) is 0 Å². The number of nitrogens with one attached hydrogen (secondary N) is 1. The van der Waals surface area contributed by atoms with E-state index in [0.717, 1.165) is 17.4 Å². The first-order chi connectivity index (χ1) is 8.29. The van der Waals surface area contributed by atoms with Crippen LogP contribution < -0.4 is 5.32 Å². The van der Waals surface area contributed by atoms with Crippen LogP contribution in [0.1, 0.15) is 17.0 Å². The maximum absolute atomic E-state index is 3.48. The van der Waals surface area contributed by atoms with Crippen LogP contribution in [0.3, 0.4) is 0 Å². The van der Waals surface area contributed by atoms with E-state index >= 15 is 0 Å². The second-order valence-corrected chi connectivity index (χ2v) is 5.84. The second-order valence-electron chi connectivity index (χ2n) is 4.14. The molecule has 0 spiro atoms. The summed E-state index contributed by atoms with van der Waals surface area (Å²) >= 11 is 5.25. The summed E-state index contributed by atoms with van der Waals surface area (Å²) in [7, 11) is 2.01. The van der Waals surface area contributed by atoms with E-state index in [2.05, 4.69) is 62.3 Å². The van der Waals surface area contributed by atoms with Crippen LogP contribution in [0.2, 0.25) is 0 Å². The Kier molecular flexibility index (Phi) is 4.77. The minimum Gasteiger partial charge on any atom is -0.319 e. The van der Waals surface area contributed by atoms with Gasteiger partial charge in [0.2, 0.25) is 0 Å². The molecule has 1 atom stereocenters. The van der Waals surface area contributed by atoms with Gasteiger partial charge in [0.1, 0.15) is 0 Å². The molecule has 0 aliphatic carbocycles. The van der Waals surface area contributed by atoms with Crippen LogP contribution >= 0.6 is 27.3 Å². The lowest BCUT2D eigenvalue weighted by Crippen LogP contribution is -2.19. The van der Waals surface area contributed by atoms with E-state index < -0.39 is 0 Å². The summed E-state index contributed by atoms with van der Waals surface area (Å²) in [5, 5.41) is 7.67. The molecule has 0 aliphatic heterocycles. The van der Waals surface area contributed by atoms with Gasteiger partial charge in [-0.25, -0.2) is 0 Å². The maximum atomic E-state index is 3.48. The minimum absolute atomic E-state index is 0.544. The lowest BCUT2D eigenvalue weighted by molar-refractivity contribution is 0.626. The molecular weight excluding hydrogens is 294 g/mol. The third-order valence-electron chi connectivity index (χ3n) is 2.85. The van der Waals surface area contributed by atoms with Gasteiger partial charge in [-0.2, -0.15) is 11.3 Å². The highest BCUT2D eigenvalue weighted by atomic mass is 79.9. The molecule has 90 valence electrons. The fourth-order valence-corrected chi connectivity index (χ4v) is 2.93. The van der Waals surface area contributed by atoms with Crippen molar-refractivity contribution in [3.05, 3.63) is 56.7 Å². The Morgan fingerprint density at radius 1 is 1.24 bits per heavy atom. The van der Waals surface area contributed by atoms with E-state index in [1.807, 2.05) is 7.05 Å². The highest BCUT2D eigenvalue weighted by molar-refractivity contribution is 9.10. The summed E-state index contributed by atoms with van der Waals surface area (Å²) in [6, 6.07) is 10.9. The minimum atomic E-state index is 0.544. The molecule has 0 fully saturated rings. The van der Waals surface area contributed by atoms with Crippen LogP contribution in [0.25, 0.3) is 0 Å². The Balaban J connectivity index is 2.13. The first-order valence-electron chi connectivity index (χ1n) is 5.70. The molecule has 1 N–H and O–H groups in total. The maximum Gasteiger partial charge on any atom is 0.0175 e.